The number of hydrogen-bond acceptors (Lipinski definition) is 5. The normalized spacial score (nSPS) is 10.7. The number of methoxy groups -OCH3 is 1. The van der Waals surface area contributed by atoms with E-state index in [-0.39, 0.29) is 0 Å². The molecule has 0 spiro atoms. The van der Waals surface area contributed by atoms with Crippen molar-refractivity contribution < 1.29 is 9.15 Å². The standard InChI is InChI=1S/C13H12N2O2S/c1-16-9-4-5-11-12(7-9)18-13(15-11)14-8-10-3-2-6-17-10/h2-7H,8H2,1H3,(H,14,15). The summed E-state index contributed by atoms with van der Waals surface area (Å²) in [6, 6.07) is 9.68. The largest absolute Gasteiger partial charge is 0.497 e. The third-order valence-electron chi connectivity index (χ3n) is 2.59. The molecule has 1 N–H and O–H groups in total. The molecule has 0 bridgehead atoms. The number of hydrogen-bond donors (Lipinski definition) is 1. The van der Waals surface area contributed by atoms with Crippen molar-refractivity contribution in [1.82, 2.24) is 4.98 Å². The van der Waals surface area contributed by atoms with E-state index in [1.54, 1.807) is 24.7 Å². The van der Waals surface area contributed by atoms with E-state index < -0.39 is 0 Å². The summed E-state index contributed by atoms with van der Waals surface area (Å²) in [5.41, 5.74) is 0.975. The molecule has 0 radical (unpaired) electrons. The van der Waals surface area contributed by atoms with Gasteiger partial charge in [-0.05, 0) is 30.3 Å². The highest BCUT2D eigenvalue weighted by molar-refractivity contribution is 7.22. The first-order valence-electron chi connectivity index (χ1n) is 5.56. The molecule has 0 fully saturated rings. The van der Waals surface area contributed by atoms with E-state index >= 15 is 0 Å². The minimum atomic E-state index is 0.643. The first-order valence-corrected chi connectivity index (χ1v) is 6.37. The van der Waals surface area contributed by atoms with Crippen LogP contribution in [0.5, 0.6) is 5.75 Å². The SMILES string of the molecule is COc1ccc2nc(NCc3ccco3)sc2c1. The summed E-state index contributed by atoms with van der Waals surface area (Å²) >= 11 is 1.60. The van der Waals surface area contributed by atoms with Crippen molar-refractivity contribution >= 4 is 26.7 Å². The molecule has 0 aliphatic carbocycles. The summed E-state index contributed by atoms with van der Waals surface area (Å²) in [5, 5.41) is 4.13. The van der Waals surface area contributed by atoms with Crippen molar-refractivity contribution in [3.8, 4) is 5.75 Å². The van der Waals surface area contributed by atoms with Crippen LogP contribution in [0.25, 0.3) is 10.2 Å². The van der Waals surface area contributed by atoms with Crippen molar-refractivity contribution in [2.75, 3.05) is 12.4 Å². The molecule has 5 heteroatoms. The summed E-state index contributed by atoms with van der Waals surface area (Å²) in [5.74, 6) is 1.75. The molecule has 2 aromatic heterocycles. The predicted octanol–water partition coefficient (Wildman–Crippen LogP) is 3.51. The van der Waals surface area contributed by atoms with E-state index in [9.17, 15) is 0 Å². The molecule has 0 saturated heterocycles. The topological polar surface area (TPSA) is 47.3 Å². The Morgan fingerprint density at radius 1 is 1.39 bits per heavy atom. The van der Waals surface area contributed by atoms with Crippen LogP contribution in [0.4, 0.5) is 5.13 Å². The Morgan fingerprint density at radius 2 is 2.33 bits per heavy atom. The van der Waals surface area contributed by atoms with Gasteiger partial charge in [-0.25, -0.2) is 4.98 Å². The van der Waals surface area contributed by atoms with Crippen LogP contribution in [0.15, 0.2) is 41.0 Å². The average Bonchev–Trinajstić information content (AvgIpc) is 3.04. The lowest BCUT2D eigenvalue weighted by Gasteiger charge is -1.97. The third kappa shape index (κ3) is 2.17. The minimum Gasteiger partial charge on any atom is -0.497 e. The van der Waals surface area contributed by atoms with Crippen LogP contribution in [-0.4, -0.2) is 12.1 Å². The van der Waals surface area contributed by atoms with Gasteiger partial charge in [0.2, 0.25) is 0 Å². The first-order chi connectivity index (χ1) is 8.85. The van der Waals surface area contributed by atoms with Crippen LogP contribution in [0.1, 0.15) is 5.76 Å². The first kappa shape index (κ1) is 11.1. The van der Waals surface area contributed by atoms with E-state index in [1.807, 2.05) is 30.3 Å². The summed E-state index contributed by atoms with van der Waals surface area (Å²) in [6.07, 6.45) is 1.67. The average molecular weight is 260 g/mol. The molecule has 18 heavy (non-hydrogen) atoms. The number of furan rings is 1. The van der Waals surface area contributed by atoms with Gasteiger partial charge in [-0.15, -0.1) is 0 Å². The molecular formula is C13H12N2O2S. The Balaban J connectivity index is 1.80. The van der Waals surface area contributed by atoms with Gasteiger partial charge < -0.3 is 14.5 Å². The van der Waals surface area contributed by atoms with E-state index in [1.165, 1.54) is 0 Å². The van der Waals surface area contributed by atoms with Crippen LogP contribution in [0.3, 0.4) is 0 Å². The number of nitrogens with zero attached hydrogens (tertiary/aromatic N) is 1. The summed E-state index contributed by atoms with van der Waals surface area (Å²) < 4.78 is 11.6. The van der Waals surface area contributed by atoms with Crippen molar-refractivity contribution in [3.63, 3.8) is 0 Å². The van der Waals surface area contributed by atoms with Crippen LogP contribution >= 0.6 is 11.3 Å². The van der Waals surface area contributed by atoms with E-state index in [0.29, 0.717) is 6.54 Å². The lowest BCUT2D eigenvalue weighted by molar-refractivity contribution is 0.415. The van der Waals surface area contributed by atoms with Gasteiger partial charge in [-0.1, -0.05) is 11.3 Å². The summed E-state index contributed by atoms with van der Waals surface area (Å²) in [7, 11) is 1.66. The Kier molecular flexibility index (Phi) is 2.90. The van der Waals surface area contributed by atoms with Gasteiger partial charge in [0, 0.05) is 0 Å². The lowest BCUT2D eigenvalue weighted by Crippen LogP contribution is -1.96. The monoisotopic (exact) mass is 260 g/mol. The van der Waals surface area contributed by atoms with E-state index in [2.05, 4.69) is 10.3 Å². The maximum absolute atomic E-state index is 5.26. The molecule has 0 unspecified atom stereocenters. The molecule has 3 aromatic rings. The van der Waals surface area contributed by atoms with Crippen molar-refractivity contribution in [1.29, 1.82) is 0 Å². The minimum absolute atomic E-state index is 0.643. The van der Waals surface area contributed by atoms with Gasteiger partial charge in [-0.2, -0.15) is 0 Å². The molecule has 0 aliphatic rings. The molecule has 0 atom stereocenters. The Bertz CT molecular complexity index is 646. The highest BCUT2D eigenvalue weighted by atomic mass is 32.1. The van der Waals surface area contributed by atoms with Gasteiger partial charge >= 0.3 is 0 Å². The number of aromatic nitrogens is 1. The zero-order chi connectivity index (χ0) is 12.4. The number of nitrogens with one attached hydrogen (secondary N) is 1. The maximum atomic E-state index is 5.26. The van der Waals surface area contributed by atoms with Crippen LogP contribution in [-0.2, 0) is 6.54 Å². The quantitative estimate of drug-likeness (QED) is 0.779. The summed E-state index contributed by atoms with van der Waals surface area (Å²) in [4.78, 5) is 4.50. The molecule has 0 amide bonds. The van der Waals surface area contributed by atoms with Crippen molar-refractivity contribution in [2.24, 2.45) is 0 Å². The summed E-state index contributed by atoms with van der Waals surface area (Å²) in [6.45, 7) is 0.643. The smallest absolute Gasteiger partial charge is 0.184 e. The van der Waals surface area contributed by atoms with Crippen LogP contribution < -0.4 is 10.1 Å². The highest BCUT2D eigenvalue weighted by Gasteiger charge is 2.05. The number of fused-ring (bicyclic) bond motifs is 1. The number of ether oxygens (including phenoxy) is 1. The van der Waals surface area contributed by atoms with Crippen molar-refractivity contribution in [3.05, 3.63) is 42.4 Å². The molecule has 1 aromatic carbocycles. The number of thiazole rings is 1. The van der Waals surface area contributed by atoms with Gasteiger partial charge in [0.1, 0.15) is 11.5 Å². The molecule has 0 saturated carbocycles. The van der Waals surface area contributed by atoms with Gasteiger partial charge in [0.15, 0.2) is 5.13 Å². The van der Waals surface area contributed by atoms with Crippen molar-refractivity contribution in [2.45, 2.75) is 6.54 Å². The fraction of sp³-hybridized carbons (Fsp3) is 0.154. The zero-order valence-corrected chi connectivity index (χ0v) is 10.7. The number of benzene rings is 1. The number of anilines is 1. The van der Waals surface area contributed by atoms with Gasteiger partial charge in [0.25, 0.3) is 0 Å². The molecule has 4 nitrogen and oxygen atoms in total. The molecular weight excluding hydrogens is 248 g/mol. The van der Waals surface area contributed by atoms with E-state index in [0.717, 1.165) is 26.9 Å². The Hall–Kier alpha value is -2.01. The van der Waals surface area contributed by atoms with Gasteiger partial charge in [-0.3, -0.25) is 0 Å². The van der Waals surface area contributed by atoms with Crippen LogP contribution in [0.2, 0.25) is 0 Å². The third-order valence-corrected chi connectivity index (χ3v) is 3.57. The van der Waals surface area contributed by atoms with E-state index in [4.69, 9.17) is 9.15 Å². The molecule has 2 heterocycles. The molecule has 0 aliphatic heterocycles. The fourth-order valence-electron chi connectivity index (χ4n) is 1.68. The zero-order valence-electron chi connectivity index (χ0n) is 9.84. The highest BCUT2D eigenvalue weighted by Crippen LogP contribution is 2.29. The Labute approximate surface area is 108 Å². The molecule has 3 rings (SSSR count). The predicted molar refractivity (Wildman–Crippen MR) is 72.2 cm³/mol. The maximum Gasteiger partial charge on any atom is 0.184 e. The van der Waals surface area contributed by atoms with Crippen LogP contribution in [0, 0.1) is 0 Å². The number of rotatable bonds is 4. The Morgan fingerprint density at radius 3 is 3.11 bits per heavy atom. The lowest BCUT2D eigenvalue weighted by atomic mass is 10.3. The van der Waals surface area contributed by atoms with Gasteiger partial charge in [0.05, 0.1) is 30.1 Å². The second-order valence-electron chi connectivity index (χ2n) is 3.79. The fourth-order valence-corrected chi connectivity index (χ4v) is 2.57. The second kappa shape index (κ2) is 4.70. The second-order valence-corrected chi connectivity index (χ2v) is 4.82. The molecule has 92 valence electrons.